The van der Waals surface area contributed by atoms with Crippen molar-refractivity contribution in [3.05, 3.63) is 46.2 Å². The minimum atomic E-state index is -0.356. The number of aliphatic hydroxyl groups is 1. The summed E-state index contributed by atoms with van der Waals surface area (Å²) >= 11 is 1.51. The highest BCUT2D eigenvalue weighted by Crippen LogP contribution is 2.31. The molecule has 1 aliphatic rings. The summed E-state index contributed by atoms with van der Waals surface area (Å²) in [6, 6.07) is 10.3. The van der Waals surface area contributed by atoms with Crippen LogP contribution in [0.2, 0.25) is 0 Å². The minimum absolute atomic E-state index is 0.0981. The molecule has 0 bridgehead atoms. The van der Waals surface area contributed by atoms with E-state index in [1.54, 1.807) is 0 Å². The predicted octanol–water partition coefficient (Wildman–Crippen LogP) is 3.96. The van der Waals surface area contributed by atoms with Crippen LogP contribution in [-0.4, -0.2) is 35.1 Å². The summed E-state index contributed by atoms with van der Waals surface area (Å²) < 4.78 is 0. The fourth-order valence-corrected chi connectivity index (χ4v) is 4.05. The topological polar surface area (TPSA) is 40.5 Å². The number of nitrogens with zero attached hydrogens (tertiary/aromatic N) is 1. The highest BCUT2D eigenvalue weighted by Gasteiger charge is 2.28. The van der Waals surface area contributed by atoms with Gasteiger partial charge in [0.05, 0.1) is 11.0 Å². The molecule has 0 radical (unpaired) electrons. The van der Waals surface area contributed by atoms with Crippen molar-refractivity contribution in [2.75, 3.05) is 13.1 Å². The molecule has 4 heteroatoms. The molecule has 122 valence electrons. The first-order valence-corrected chi connectivity index (χ1v) is 9.06. The molecule has 0 aliphatic carbocycles. The Balaban J connectivity index is 1.83. The molecule has 0 spiro atoms. The number of piperidine rings is 1. The van der Waals surface area contributed by atoms with E-state index in [9.17, 15) is 9.90 Å². The first-order valence-electron chi connectivity index (χ1n) is 8.18. The number of rotatable bonds is 3. The first kappa shape index (κ1) is 16.2. The fourth-order valence-electron chi connectivity index (χ4n) is 3.17. The second-order valence-electron chi connectivity index (χ2n) is 6.42. The van der Waals surface area contributed by atoms with Gasteiger partial charge in [-0.15, -0.1) is 11.3 Å². The first-order chi connectivity index (χ1) is 11.1. The fraction of sp³-hybridized carbons (Fsp3) is 0.421. The number of likely N-dealkylation sites (tertiary alicyclic amines) is 1. The number of carbonyl (C=O) groups is 1. The van der Waals surface area contributed by atoms with E-state index in [0.717, 1.165) is 35.4 Å². The standard InChI is InChI=1S/C19H23NO2S/c1-13-5-7-15(8-6-13)17-9-11-23-18(17)19(22)20-10-3-4-16(12-20)14(2)21/h5-9,11,14,16,21H,3-4,10,12H2,1-2H3. The van der Waals surface area contributed by atoms with Gasteiger partial charge >= 0.3 is 0 Å². The Morgan fingerprint density at radius 1 is 1.30 bits per heavy atom. The number of carbonyl (C=O) groups excluding carboxylic acids is 1. The van der Waals surface area contributed by atoms with E-state index in [1.165, 1.54) is 16.9 Å². The summed E-state index contributed by atoms with van der Waals surface area (Å²) in [5.74, 6) is 0.288. The van der Waals surface area contributed by atoms with Crippen LogP contribution < -0.4 is 0 Å². The summed E-state index contributed by atoms with van der Waals surface area (Å²) in [5, 5.41) is 11.8. The summed E-state index contributed by atoms with van der Waals surface area (Å²) in [6.45, 7) is 5.32. The monoisotopic (exact) mass is 329 g/mol. The number of thiophene rings is 1. The largest absolute Gasteiger partial charge is 0.393 e. The van der Waals surface area contributed by atoms with Crippen molar-refractivity contribution in [2.24, 2.45) is 5.92 Å². The summed E-state index contributed by atoms with van der Waals surface area (Å²) in [7, 11) is 0. The van der Waals surface area contributed by atoms with Crippen LogP contribution in [0.3, 0.4) is 0 Å². The second kappa shape index (κ2) is 6.85. The van der Waals surface area contributed by atoms with Crippen LogP contribution in [0, 0.1) is 12.8 Å². The van der Waals surface area contributed by atoms with Crippen molar-refractivity contribution in [3.63, 3.8) is 0 Å². The van der Waals surface area contributed by atoms with Gasteiger partial charge in [-0.2, -0.15) is 0 Å². The number of aliphatic hydroxyl groups excluding tert-OH is 1. The third-order valence-electron chi connectivity index (χ3n) is 4.65. The molecule has 1 saturated heterocycles. The molecule has 1 fully saturated rings. The van der Waals surface area contributed by atoms with Crippen LogP contribution in [0.1, 0.15) is 35.0 Å². The van der Waals surface area contributed by atoms with Crippen molar-refractivity contribution in [1.29, 1.82) is 0 Å². The molecule has 2 atom stereocenters. The molecule has 0 saturated carbocycles. The van der Waals surface area contributed by atoms with Gasteiger partial charge in [0.1, 0.15) is 0 Å². The van der Waals surface area contributed by atoms with Gasteiger partial charge in [-0.3, -0.25) is 4.79 Å². The Kier molecular flexibility index (Phi) is 4.83. The van der Waals surface area contributed by atoms with Crippen LogP contribution in [0.15, 0.2) is 35.7 Å². The highest BCUT2D eigenvalue weighted by atomic mass is 32.1. The van der Waals surface area contributed by atoms with Gasteiger partial charge in [-0.25, -0.2) is 0 Å². The summed E-state index contributed by atoms with van der Waals surface area (Å²) in [4.78, 5) is 15.7. The molecule has 2 heterocycles. The van der Waals surface area contributed by atoms with Crippen molar-refractivity contribution in [3.8, 4) is 11.1 Å². The zero-order chi connectivity index (χ0) is 16.4. The van der Waals surface area contributed by atoms with Crippen LogP contribution in [0.25, 0.3) is 11.1 Å². The molecule has 1 aromatic heterocycles. The third kappa shape index (κ3) is 3.48. The number of hydrogen-bond acceptors (Lipinski definition) is 3. The van der Waals surface area contributed by atoms with Crippen LogP contribution in [0.5, 0.6) is 0 Å². The lowest BCUT2D eigenvalue weighted by molar-refractivity contribution is 0.0470. The SMILES string of the molecule is Cc1ccc(-c2ccsc2C(=O)N2CCCC(C(C)O)C2)cc1. The van der Waals surface area contributed by atoms with E-state index < -0.39 is 0 Å². The maximum Gasteiger partial charge on any atom is 0.264 e. The Hall–Kier alpha value is -1.65. The smallest absolute Gasteiger partial charge is 0.264 e. The Morgan fingerprint density at radius 2 is 2.04 bits per heavy atom. The van der Waals surface area contributed by atoms with Gasteiger partial charge < -0.3 is 10.0 Å². The van der Waals surface area contributed by atoms with Crippen LogP contribution >= 0.6 is 11.3 Å². The van der Waals surface area contributed by atoms with Gasteiger partial charge in [0, 0.05) is 24.6 Å². The minimum Gasteiger partial charge on any atom is -0.393 e. The molecule has 3 rings (SSSR count). The molecule has 23 heavy (non-hydrogen) atoms. The van der Waals surface area contributed by atoms with Gasteiger partial charge in [0.15, 0.2) is 0 Å². The zero-order valence-corrected chi connectivity index (χ0v) is 14.5. The number of benzene rings is 1. The van der Waals surface area contributed by atoms with Crippen molar-refractivity contribution >= 4 is 17.2 Å². The molecular formula is C19H23NO2S. The zero-order valence-electron chi connectivity index (χ0n) is 13.7. The van der Waals surface area contributed by atoms with Gasteiger partial charge in [0.25, 0.3) is 5.91 Å². The van der Waals surface area contributed by atoms with Crippen molar-refractivity contribution in [2.45, 2.75) is 32.8 Å². The maximum absolute atomic E-state index is 12.9. The van der Waals surface area contributed by atoms with E-state index >= 15 is 0 Å². The number of aryl methyl sites for hydroxylation is 1. The molecule has 1 aliphatic heterocycles. The molecule has 1 N–H and O–H groups in total. The quantitative estimate of drug-likeness (QED) is 0.926. The van der Waals surface area contributed by atoms with Crippen LogP contribution in [0.4, 0.5) is 0 Å². The number of hydrogen-bond donors (Lipinski definition) is 1. The Labute approximate surface area is 141 Å². The summed E-state index contributed by atoms with van der Waals surface area (Å²) in [5.41, 5.74) is 3.32. The highest BCUT2D eigenvalue weighted by molar-refractivity contribution is 7.12. The van der Waals surface area contributed by atoms with Gasteiger partial charge in [-0.05, 0) is 43.7 Å². The normalized spacial score (nSPS) is 19.6. The van der Waals surface area contributed by atoms with Gasteiger partial charge in [-0.1, -0.05) is 29.8 Å². The van der Waals surface area contributed by atoms with E-state index in [1.807, 2.05) is 23.3 Å². The third-order valence-corrected chi connectivity index (χ3v) is 5.55. The molecule has 2 unspecified atom stereocenters. The van der Waals surface area contributed by atoms with Crippen LogP contribution in [-0.2, 0) is 0 Å². The molecular weight excluding hydrogens is 306 g/mol. The lowest BCUT2D eigenvalue weighted by Crippen LogP contribution is -2.42. The second-order valence-corrected chi connectivity index (χ2v) is 7.34. The predicted molar refractivity (Wildman–Crippen MR) is 94.8 cm³/mol. The average Bonchev–Trinajstić information content (AvgIpc) is 3.04. The average molecular weight is 329 g/mol. The molecule has 1 aromatic carbocycles. The Morgan fingerprint density at radius 3 is 2.74 bits per heavy atom. The maximum atomic E-state index is 12.9. The van der Waals surface area contributed by atoms with E-state index in [0.29, 0.717) is 6.54 Å². The van der Waals surface area contributed by atoms with E-state index in [-0.39, 0.29) is 17.9 Å². The Bertz CT molecular complexity index is 675. The lowest BCUT2D eigenvalue weighted by Gasteiger charge is -2.34. The van der Waals surface area contributed by atoms with E-state index in [2.05, 4.69) is 31.2 Å². The van der Waals surface area contributed by atoms with Gasteiger partial charge in [0.2, 0.25) is 0 Å². The number of amides is 1. The van der Waals surface area contributed by atoms with Crippen molar-refractivity contribution in [1.82, 2.24) is 4.90 Å². The lowest BCUT2D eigenvalue weighted by atomic mass is 9.93. The van der Waals surface area contributed by atoms with Crippen molar-refractivity contribution < 1.29 is 9.90 Å². The molecule has 3 nitrogen and oxygen atoms in total. The molecule has 1 amide bonds. The summed E-state index contributed by atoms with van der Waals surface area (Å²) in [6.07, 6.45) is 1.61. The molecule has 2 aromatic rings. The van der Waals surface area contributed by atoms with E-state index in [4.69, 9.17) is 0 Å².